The molecular formula is C41H63Cl2N11O3. The maximum absolute atomic E-state index is 14.0. The fraction of sp³-hybridized carbons (Fsp3) is 0.561. The van der Waals surface area contributed by atoms with E-state index in [2.05, 4.69) is 50.8 Å². The van der Waals surface area contributed by atoms with Crippen LogP contribution in [0.2, 0.25) is 0 Å². The molecule has 0 spiro atoms. The van der Waals surface area contributed by atoms with Crippen LogP contribution in [0.5, 0.6) is 11.5 Å². The highest BCUT2D eigenvalue weighted by Crippen LogP contribution is 2.36. The van der Waals surface area contributed by atoms with Crippen molar-refractivity contribution in [1.82, 2.24) is 35.3 Å². The van der Waals surface area contributed by atoms with Crippen molar-refractivity contribution in [2.45, 2.75) is 116 Å². The van der Waals surface area contributed by atoms with Gasteiger partial charge in [-0.2, -0.15) is 0 Å². The molecule has 4 aromatic rings. The van der Waals surface area contributed by atoms with Crippen molar-refractivity contribution in [3.63, 3.8) is 0 Å². The Bertz CT molecular complexity index is 1770. The van der Waals surface area contributed by atoms with Gasteiger partial charge in [-0.05, 0) is 69.0 Å². The van der Waals surface area contributed by atoms with E-state index < -0.39 is 6.04 Å². The molecule has 2 atom stereocenters. The number of para-hydroxylation sites is 2. The lowest BCUT2D eigenvalue weighted by atomic mass is 9.86. The van der Waals surface area contributed by atoms with E-state index >= 15 is 0 Å². The third-order valence-electron chi connectivity index (χ3n) is 10.1. The van der Waals surface area contributed by atoms with Gasteiger partial charge in [-0.3, -0.25) is 14.5 Å². The van der Waals surface area contributed by atoms with E-state index in [-0.39, 0.29) is 49.3 Å². The summed E-state index contributed by atoms with van der Waals surface area (Å²) in [5, 5.41) is 21.0. The summed E-state index contributed by atoms with van der Waals surface area (Å²) in [7, 11) is 0. The Balaban J connectivity index is 0.00000435. The zero-order valence-corrected chi connectivity index (χ0v) is 35.1. The highest BCUT2D eigenvalue weighted by molar-refractivity contribution is 5.85. The quantitative estimate of drug-likeness (QED) is 0.0368. The Hall–Kier alpha value is -4.40. The second-order valence-electron chi connectivity index (χ2n) is 15.1. The summed E-state index contributed by atoms with van der Waals surface area (Å²) in [6, 6.07) is 15.2. The van der Waals surface area contributed by atoms with Crippen molar-refractivity contribution in [2.75, 3.05) is 19.7 Å². The molecule has 0 aliphatic heterocycles. The minimum Gasteiger partial charge on any atom is -0.493 e. The molecule has 2 heterocycles. The van der Waals surface area contributed by atoms with Crippen molar-refractivity contribution in [2.24, 2.45) is 34.0 Å². The first-order valence-electron chi connectivity index (χ1n) is 20.1. The van der Waals surface area contributed by atoms with Crippen molar-refractivity contribution in [3.8, 4) is 22.6 Å². The zero-order valence-electron chi connectivity index (χ0n) is 33.5. The molecule has 0 saturated heterocycles. The molecule has 1 amide bonds. The van der Waals surface area contributed by atoms with Crippen molar-refractivity contribution < 1.29 is 14.3 Å². The second kappa shape index (κ2) is 25.1. The molecule has 14 nitrogen and oxygen atoms in total. The molecule has 1 aliphatic rings. The topological polar surface area (TPSA) is 199 Å². The SMILES string of the molecule is CC(C)CCOc1ccccc1-c1ccccc1OCc1cn(C[C@@H](CCCCN)NC(=O)[C@@H](CCCN=C(N)N)n2cc(CC3CCCCC3)nn2)nn1.Cl.Cl. The van der Waals surface area contributed by atoms with Crippen LogP contribution < -0.4 is 32.0 Å². The van der Waals surface area contributed by atoms with Gasteiger partial charge in [-0.15, -0.1) is 35.0 Å². The summed E-state index contributed by atoms with van der Waals surface area (Å²) in [5.41, 5.74) is 20.5. The summed E-state index contributed by atoms with van der Waals surface area (Å²) in [6.45, 7) is 6.69. The molecule has 5 rings (SSSR count). The maximum atomic E-state index is 14.0. The summed E-state index contributed by atoms with van der Waals surface area (Å²) < 4.78 is 16.0. The third kappa shape index (κ3) is 15.5. The molecule has 2 aromatic heterocycles. The van der Waals surface area contributed by atoms with Gasteiger partial charge in [-0.25, -0.2) is 4.68 Å². The maximum Gasteiger partial charge on any atom is 0.245 e. The van der Waals surface area contributed by atoms with Gasteiger partial charge in [0, 0.05) is 29.9 Å². The predicted octanol–water partition coefficient (Wildman–Crippen LogP) is 6.42. The first kappa shape index (κ1) is 47.0. The van der Waals surface area contributed by atoms with Crippen molar-refractivity contribution >= 4 is 36.7 Å². The molecule has 1 fully saturated rings. The lowest BCUT2D eigenvalue weighted by Crippen LogP contribution is -2.42. The fourth-order valence-electron chi connectivity index (χ4n) is 7.07. The van der Waals surface area contributed by atoms with Crippen LogP contribution in [0.1, 0.15) is 102 Å². The number of unbranched alkanes of at least 4 members (excludes halogenated alkanes) is 1. The smallest absolute Gasteiger partial charge is 0.245 e. The van der Waals surface area contributed by atoms with Crippen LogP contribution in [0.3, 0.4) is 0 Å². The van der Waals surface area contributed by atoms with E-state index in [9.17, 15) is 4.79 Å². The van der Waals surface area contributed by atoms with Gasteiger partial charge in [0.25, 0.3) is 0 Å². The Morgan fingerprint density at radius 3 is 2.23 bits per heavy atom. The van der Waals surface area contributed by atoms with Crippen molar-refractivity contribution in [1.29, 1.82) is 0 Å². The molecule has 0 radical (unpaired) electrons. The molecule has 1 aliphatic carbocycles. The minimum atomic E-state index is -0.565. The second-order valence-corrected chi connectivity index (χ2v) is 15.1. The van der Waals surface area contributed by atoms with Crippen LogP contribution in [0.15, 0.2) is 65.9 Å². The highest BCUT2D eigenvalue weighted by atomic mass is 35.5. The van der Waals surface area contributed by atoms with Gasteiger partial charge >= 0.3 is 0 Å². The number of carbonyl (C=O) groups excluding carboxylic acids is 1. The number of nitrogens with one attached hydrogen (secondary N) is 1. The van der Waals surface area contributed by atoms with E-state index in [0.29, 0.717) is 56.6 Å². The number of halogens is 2. The third-order valence-corrected chi connectivity index (χ3v) is 10.1. The summed E-state index contributed by atoms with van der Waals surface area (Å²) in [6.07, 6.45) is 15.5. The van der Waals surface area contributed by atoms with Gasteiger partial charge in [0.2, 0.25) is 5.91 Å². The Kier molecular flexibility index (Phi) is 20.7. The molecule has 7 N–H and O–H groups in total. The van der Waals surface area contributed by atoms with Crippen LogP contribution in [-0.4, -0.2) is 67.6 Å². The van der Waals surface area contributed by atoms with E-state index in [4.69, 9.17) is 26.7 Å². The number of guanidine groups is 1. The number of hydrogen-bond acceptors (Lipinski definition) is 9. The molecule has 1 saturated carbocycles. The first-order valence-corrected chi connectivity index (χ1v) is 20.1. The summed E-state index contributed by atoms with van der Waals surface area (Å²) >= 11 is 0. The van der Waals surface area contributed by atoms with Crippen LogP contribution in [0, 0.1) is 11.8 Å². The largest absolute Gasteiger partial charge is 0.493 e. The van der Waals surface area contributed by atoms with Crippen LogP contribution in [-0.2, 0) is 24.4 Å². The molecule has 57 heavy (non-hydrogen) atoms. The number of ether oxygens (including phenoxy) is 2. The van der Waals surface area contributed by atoms with E-state index in [1.54, 1.807) is 9.36 Å². The van der Waals surface area contributed by atoms with Crippen LogP contribution >= 0.6 is 24.8 Å². The predicted molar refractivity (Wildman–Crippen MR) is 230 cm³/mol. The number of aliphatic imine (C=N–C) groups is 1. The van der Waals surface area contributed by atoms with E-state index in [1.165, 1.54) is 32.1 Å². The number of hydrogen-bond donors (Lipinski definition) is 4. The lowest BCUT2D eigenvalue weighted by Gasteiger charge is -2.23. The van der Waals surface area contributed by atoms with Gasteiger partial charge in [0.1, 0.15) is 29.8 Å². The average molecular weight is 829 g/mol. The number of nitrogens with zero attached hydrogens (tertiary/aromatic N) is 7. The van der Waals surface area contributed by atoms with Gasteiger partial charge in [0.05, 0.1) is 25.0 Å². The summed E-state index contributed by atoms with van der Waals surface area (Å²) in [5.74, 6) is 2.62. The van der Waals surface area contributed by atoms with Gasteiger partial charge in [0.15, 0.2) is 5.96 Å². The summed E-state index contributed by atoms with van der Waals surface area (Å²) in [4.78, 5) is 18.2. The Morgan fingerprint density at radius 1 is 0.860 bits per heavy atom. The zero-order chi connectivity index (χ0) is 38.8. The van der Waals surface area contributed by atoms with Crippen LogP contribution in [0.4, 0.5) is 0 Å². The van der Waals surface area contributed by atoms with Crippen molar-refractivity contribution in [3.05, 3.63) is 72.3 Å². The average Bonchev–Trinajstić information content (AvgIpc) is 3.84. The normalized spacial score (nSPS) is 13.9. The van der Waals surface area contributed by atoms with E-state index in [1.807, 2.05) is 54.9 Å². The van der Waals surface area contributed by atoms with Gasteiger partial charge in [-0.1, -0.05) is 99.2 Å². The highest BCUT2D eigenvalue weighted by Gasteiger charge is 2.26. The molecule has 0 unspecified atom stereocenters. The first-order chi connectivity index (χ1) is 26.8. The number of carbonyl (C=O) groups is 1. The lowest BCUT2D eigenvalue weighted by molar-refractivity contribution is -0.125. The number of amides is 1. The minimum absolute atomic E-state index is 0. The number of rotatable bonds is 23. The monoisotopic (exact) mass is 827 g/mol. The van der Waals surface area contributed by atoms with E-state index in [0.717, 1.165) is 60.4 Å². The standard InChI is InChI=1S/C41H61N11O3.2ClH/c1-30(2)21-24-54-38-19-8-6-16-35(38)36-17-7-9-20-39(36)55-29-34-27-51(49-48-34)26-32(15-10-11-22-42)46-40(53)37(18-12-23-45-41(43)44)52-28-33(47-50-52)25-31-13-4-3-5-14-31;;/h6-9,16-17,19-20,27-28,30-32,37H,3-5,10-15,18,21-26,29,42H2,1-2H3,(H,46,53)(H4,43,44,45);2*1H/t32-,37-;;/m1../s1. The van der Waals surface area contributed by atoms with Crippen LogP contribution in [0.25, 0.3) is 11.1 Å². The molecule has 16 heteroatoms. The molecule has 314 valence electrons. The van der Waals surface area contributed by atoms with Gasteiger partial charge < -0.3 is 32.0 Å². The Labute approximate surface area is 349 Å². The number of aromatic nitrogens is 6. The molecular weight excluding hydrogens is 765 g/mol. The Morgan fingerprint density at radius 2 is 1.54 bits per heavy atom. The molecule has 0 bridgehead atoms. The number of benzene rings is 2. The molecule has 2 aromatic carbocycles. The number of nitrogens with two attached hydrogens (primary N) is 3. The fourth-order valence-corrected chi connectivity index (χ4v) is 7.07.